The Balaban J connectivity index is 3.53. The Kier molecular flexibility index (Phi) is 3.10. The van der Waals surface area contributed by atoms with Crippen LogP contribution in [-0.2, 0) is 14.5 Å². The second kappa shape index (κ2) is 3.14. The van der Waals surface area contributed by atoms with Crippen molar-refractivity contribution in [1.82, 2.24) is 5.14 Å². The Morgan fingerprint density at radius 3 is 2.11 bits per heavy atom. The van der Waals surface area contributed by atoms with Crippen molar-refractivity contribution in [3.8, 4) is 0 Å². The smallest absolute Gasteiger partial charge is 0.257 e. The molecule has 0 spiro atoms. The molecule has 0 aliphatic heterocycles. The first kappa shape index (κ1) is 8.87. The summed E-state index contributed by atoms with van der Waals surface area (Å²) in [6.45, 7) is 3.71. The molecule has 0 rings (SSSR count). The van der Waals surface area contributed by atoms with Gasteiger partial charge in [0.25, 0.3) is 0 Å². The first-order chi connectivity index (χ1) is 3.92. The first-order valence-corrected chi connectivity index (χ1v) is 3.96. The van der Waals surface area contributed by atoms with Crippen LogP contribution in [-0.4, -0.2) is 15.0 Å². The summed E-state index contributed by atoms with van der Waals surface area (Å²) in [6.07, 6.45) is 0. The third-order valence-electron chi connectivity index (χ3n) is 0.557. The van der Waals surface area contributed by atoms with Gasteiger partial charge >= 0.3 is 10.3 Å². The second-order valence-corrected chi connectivity index (χ2v) is 3.28. The van der Waals surface area contributed by atoms with Crippen molar-refractivity contribution >= 4 is 10.3 Å². The molecule has 5 heteroatoms. The molecule has 0 aliphatic rings. The lowest BCUT2D eigenvalue weighted by Gasteiger charge is -2.01. The Hall–Kier alpha value is -0.130. The average Bonchev–Trinajstić information content (AvgIpc) is 1.59. The molecule has 0 heterocycles. The summed E-state index contributed by atoms with van der Waals surface area (Å²) in [5, 5.41) is 6.28. The van der Waals surface area contributed by atoms with Crippen molar-refractivity contribution in [3.05, 3.63) is 0 Å². The van der Waals surface area contributed by atoms with Gasteiger partial charge in [-0.25, -0.2) is 0 Å². The zero-order chi connectivity index (χ0) is 7.49. The minimum Gasteiger partial charge on any atom is -0.257 e. The van der Waals surface area contributed by atoms with E-state index in [9.17, 15) is 8.42 Å². The van der Waals surface area contributed by atoms with Gasteiger partial charge in [0.2, 0.25) is 0 Å². The van der Waals surface area contributed by atoms with Gasteiger partial charge in [0.15, 0.2) is 0 Å². The molecule has 0 unspecified atom stereocenters. The van der Waals surface area contributed by atoms with Gasteiger partial charge in [-0.05, 0) is 5.92 Å². The van der Waals surface area contributed by atoms with E-state index in [2.05, 4.69) is 4.18 Å². The molecule has 1 radical (unpaired) electrons. The molecule has 0 aromatic heterocycles. The van der Waals surface area contributed by atoms with Crippen LogP contribution in [0.3, 0.4) is 0 Å². The SMILES string of the molecule is CC(C)COS([NH])(=O)=O. The lowest BCUT2D eigenvalue weighted by molar-refractivity contribution is 0.275. The van der Waals surface area contributed by atoms with E-state index in [1.54, 1.807) is 0 Å². The molecular formula is C4H10NO3S. The van der Waals surface area contributed by atoms with Crippen LogP contribution in [0.4, 0.5) is 0 Å². The van der Waals surface area contributed by atoms with Crippen molar-refractivity contribution < 1.29 is 12.6 Å². The van der Waals surface area contributed by atoms with Gasteiger partial charge < -0.3 is 0 Å². The van der Waals surface area contributed by atoms with Gasteiger partial charge in [-0.1, -0.05) is 13.8 Å². The Bertz CT molecular complexity index is 161. The Morgan fingerprint density at radius 2 is 2.00 bits per heavy atom. The molecule has 0 fully saturated rings. The first-order valence-electron chi connectivity index (χ1n) is 2.56. The summed E-state index contributed by atoms with van der Waals surface area (Å²) in [4.78, 5) is 0. The van der Waals surface area contributed by atoms with Crippen molar-refractivity contribution in [2.45, 2.75) is 13.8 Å². The van der Waals surface area contributed by atoms with E-state index in [1.165, 1.54) is 0 Å². The fraction of sp³-hybridized carbons (Fsp3) is 1.00. The van der Waals surface area contributed by atoms with Crippen LogP contribution >= 0.6 is 0 Å². The largest absolute Gasteiger partial charge is 0.349 e. The maximum Gasteiger partial charge on any atom is 0.349 e. The highest BCUT2D eigenvalue weighted by Gasteiger charge is 2.03. The van der Waals surface area contributed by atoms with Gasteiger partial charge in [-0.15, -0.1) is 5.14 Å². The minimum atomic E-state index is -3.97. The zero-order valence-electron chi connectivity index (χ0n) is 5.42. The number of nitrogens with one attached hydrogen (secondary N) is 1. The normalized spacial score (nSPS) is 12.4. The van der Waals surface area contributed by atoms with Crippen LogP contribution in [0.15, 0.2) is 0 Å². The molecule has 9 heavy (non-hydrogen) atoms. The Labute approximate surface area is 55.3 Å². The number of hydrogen-bond acceptors (Lipinski definition) is 3. The average molecular weight is 152 g/mol. The van der Waals surface area contributed by atoms with E-state index in [0.29, 0.717) is 0 Å². The van der Waals surface area contributed by atoms with Crippen LogP contribution < -0.4 is 5.14 Å². The lowest BCUT2D eigenvalue weighted by Crippen LogP contribution is -2.10. The van der Waals surface area contributed by atoms with Gasteiger partial charge in [-0.3, -0.25) is 4.18 Å². The monoisotopic (exact) mass is 152 g/mol. The highest BCUT2D eigenvalue weighted by molar-refractivity contribution is 7.84. The zero-order valence-corrected chi connectivity index (χ0v) is 6.23. The van der Waals surface area contributed by atoms with Gasteiger partial charge in [0.05, 0.1) is 6.61 Å². The van der Waals surface area contributed by atoms with E-state index in [1.807, 2.05) is 13.8 Å². The minimum absolute atomic E-state index is 0.0891. The molecule has 0 amide bonds. The molecule has 0 saturated heterocycles. The Morgan fingerprint density at radius 1 is 1.56 bits per heavy atom. The summed E-state index contributed by atoms with van der Waals surface area (Å²) in [5.74, 6) is 0.144. The second-order valence-electron chi connectivity index (χ2n) is 2.13. The number of rotatable bonds is 3. The molecule has 0 saturated carbocycles. The van der Waals surface area contributed by atoms with Crippen LogP contribution in [0.5, 0.6) is 0 Å². The topological polar surface area (TPSA) is 67.2 Å². The van der Waals surface area contributed by atoms with Crippen LogP contribution in [0.25, 0.3) is 0 Å². The summed E-state index contributed by atoms with van der Waals surface area (Å²) in [7, 11) is -3.97. The van der Waals surface area contributed by atoms with E-state index < -0.39 is 10.3 Å². The van der Waals surface area contributed by atoms with Crippen LogP contribution in [0.1, 0.15) is 13.8 Å². The van der Waals surface area contributed by atoms with E-state index >= 15 is 0 Å². The third kappa shape index (κ3) is 7.87. The maximum atomic E-state index is 9.98. The van der Waals surface area contributed by atoms with E-state index in [-0.39, 0.29) is 12.5 Å². The fourth-order valence-electron chi connectivity index (χ4n) is 0.226. The van der Waals surface area contributed by atoms with Crippen LogP contribution in [0.2, 0.25) is 0 Å². The summed E-state index contributed by atoms with van der Waals surface area (Å²) < 4.78 is 24.1. The summed E-state index contributed by atoms with van der Waals surface area (Å²) >= 11 is 0. The van der Waals surface area contributed by atoms with E-state index in [0.717, 1.165) is 0 Å². The maximum absolute atomic E-state index is 9.98. The molecule has 55 valence electrons. The highest BCUT2D eigenvalue weighted by atomic mass is 32.2. The molecule has 0 bridgehead atoms. The number of hydrogen-bond donors (Lipinski definition) is 0. The molecular weight excluding hydrogens is 142 g/mol. The summed E-state index contributed by atoms with van der Waals surface area (Å²) in [5.41, 5.74) is 0. The van der Waals surface area contributed by atoms with Gasteiger partial charge in [-0.2, -0.15) is 8.42 Å². The molecule has 1 N–H and O–H groups in total. The van der Waals surface area contributed by atoms with Crippen molar-refractivity contribution in [3.63, 3.8) is 0 Å². The molecule has 0 aliphatic carbocycles. The van der Waals surface area contributed by atoms with Crippen molar-refractivity contribution in [2.24, 2.45) is 5.92 Å². The molecule has 0 aromatic carbocycles. The van der Waals surface area contributed by atoms with Crippen molar-refractivity contribution in [1.29, 1.82) is 0 Å². The molecule has 4 nitrogen and oxygen atoms in total. The fourth-order valence-corrected chi connectivity index (χ4v) is 0.677. The standard InChI is InChI=1S/C4H10NO3S/c1-4(2)3-8-9(5,6)7/h4-5H,3H2,1-2H3. The lowest BCUT2D eigenvalue weighted by atomic mass is 10.2. The van der Waals surface area contributed by atoms with Crippen LogP contribution in [0, 0.1) is 5.92 Å². The predicted molar refractivity (Wildman–Crippen MR) is 32.8 cm³/mol. The highest BCUT2D eigenvalue weighted by Crippen LogP contribution is 1.94. The van der Waals surface area contributed by atoms with E-state index in [4.69, 9.17) is 5.14 Å². The molecule has 0 aromatic rings. The quantitative estimate of drug-likeness (QED) is 0.579. The third-order valence-corrected chi connectivity index (χ3v) is 1.00. The van der Waals surface area contributed by atoms with Gasteiger partial charge in [0.1, 0.15) is 0 Å². The summed E-state index contributed by atoms with van der Waals surface area (Å²) in [6, 6.07) is 0. The molecule has 0 atom stereocenters. The van der Waals surface area contributed by atoms with Crippen molar-refractivity contribution in [2.75, 3.05) is 6.61 Å². The predicted octanol–water partition coefficient (Wildman–Crippen LogP) is 0.187. The van der Waals surface area contributed by atoms with Gasteiger partial charge in [0, 0.05) is 0 Å².